The molecule has 0 amide bonds. The van der Waals surface area contributed by atoms with E-state index in [1.54, 1.807) is 14.0 Å². The minimum Gasteiger partial charge on any atom is -0.463 e. The zero-order valence-electron chi connectivity index (χ0n) is 14.4. The Kier molecular flexibility index (Phi) is 9.07. The molecule has 6 heteroatoms. The van der Waals surface area contributed by atoms with Crippen molar-refractivity contribution in [1.29, 1.82) is 0 Å². The van der Waals surface area contributed by atoms with Crippen molar-refractivity contribution in [2.75, 3.05) is 20.3 Å². The van der Waals surface area contributed by atoms with Crippen LogP contribution in [-0.2, 0) is 14.3 Å². The Hall–Kier alpha value is -2.47. The number of nitrogens with zero attached hydrogens (tertiary/aromatic N) is 2. The molecule has 0 aliphatic heterocycles. The summed E-state index contributed by atoms with van der Waals surface area (Å²) >= 11 is 0. The van der Waals surface area contributed by atoms with E-state index in [0.29, 0.717) is 24.9 Å². The fourth-order valence-corrected chi connectivity index (χ4v) is 1.78. The van der Waals surface area contributed by atoms with Gasteiger partial charge in [0, 0.05) is 32.3 Å². The van der Waals surface area contributed by atoms with Crippen molar-refractivity contribution in [3.8, 4) is 11.4 Å². The van der Waals surface area contributed by atoms with Gasteiger partial charge in [-0.15, -0.1) is 0 Å². The number of hydrogen-bond acceptors (Lipinski definition) is 6. The number of ether oxygens (including phenoxy) is 2. The van der Waals surface area contributed by atoms with Gasteiger partial charge in [0.2, 0.25) is 11.7 Å². The lowest BCUT2D eigenvalue weighted by Gasteiger charge is -2.00. The molecule has 1 aromatic heterocycles. The molecule has 0 aliphatic rings. The number of carbonyl (C=O) groups is 1. The van der Waals surface area contributed by atoms with E-state index in [2.05, 4.69) is 16.7 Å². The Morgan fingerprint density at radius 2 is 2.04 bits per heavy atom. The van der Waals surface area contributed by atoms with Gasteiger partial charge in [-0.05, 0) is 25.8 Å². The Labute approximate surface area is 142 Å². The minimum atomic E-state index is -0.359. The van der Waals surface area contributed by atoms with Crippen LogP contribution < -0.4 is 0 Å². The van der Waals surface area contributed by atoms with Crippen molar-refractivity contribution < 1.29 is 18.8 Å². The Bertz CT molecular complexity index is 637. The first-order valence-electron chi connectivity index (χ1n) is 7.72. The zero-order chi connectivity index (χ0) is 17.8. The van der Waals surface area contributed by atoms with E-state index in [4.69, 9.17) is 14.0 Å². The van der Waals surface area contributed by atoms with Crippen molar-refractivity contribution in [3.05, 3.63) is 48.4 Å². The predicted molar refractivity (Wildman–Crippen MR) is 91.5 cm³/mol. The quantitative estimate of drug-likeness (QED) is 0.439. The van der Waals surface area contributed by atoms with Gasteiger partial charge in [0.15, 0.2) is 0 Å². The Morgan fingerprint density at radius 1 is 1.29 bits per heavy atom. The van der Waals surface area contributed by atoms with E-state index in [0.717, 1.165) is 24.5 Å². The third-order valence-corrected chi connectivity index (χ3v) is 2.96. The molecule has 0 aliphatic carbocycles. The van der Waals surface area contributed by atoms with E-state index in [-0.39, 0.29) is 5.97 Å². The highest BCUT2D eigenvalue weighted by molar-refractivity contribution is 5.81. The van der Waals surface area contributed by atoms with Crippen LogP contribution in [0.15, 0.2) is 41.4 Å². The van der Waals surface area contributed by atoms with E-state index >= 15 is 0 Å². The number of methoxy groups -OCH3 is 1. The molecule has 1 heterocycles. The van der Waals surface area contributed by atoms with Gasteiger partial charge in [-0.3, -0.25) is 0 Å². The molecule has 0 saturated carbocycles. The minimum absolute atomic E-state index is 0.359. The standard InChI is InChI=1S/C10H10N2O.C8H14O3/c1-7-4-3-5-9(6-7)10-11-8(2)13-12-10;1-3-8(9)11-7-5-4-6-10-2/h3-6H,1-2H3;3H,1,4-7H2,2H3. The molecular weight excluding hydrogens is 308 g/mol. The summed E-state index contributed by atoms with van der Waals surface area (Å²) in [6.07, 6.45) is 2.92. The number of carbonyl (C=O) groups excluding carboxylic acids is 1. The van der Waals surface area contributed by atoms with Crippen LogP contribution in [0.1, 0.15) is 24.3 Å². The first-order valence-corrected chi connectivity index (χ1v) is 7.72. The summed E-state index contributed by atoms with van der Waals surface area (Å²) in [6.45, 7) is 8.27. The maximum absolute atomic E-state index is 10.5. The van der Waals surface area contributed by atoms with Crippen LogP contribution in [0.5, 0.6) is 0 Å². The molecule has 1 aromatic carbocycles. The van der Waals surface area contributed by atoms with Crippen molar-refractivity contribution in [2.45, 2.75) is 26.7 Å². The third-order valence-electron chi connectivity index (χ3n) is 2.96. The molecule has 0 fully saturated rings. The fraction of sp³-hybridized carbons (Fsp3) is 0.389. The molecular formula is C18H24N2O4. The molecule has 0 spiro atoms. The van der Waals surface area contributed by atoms with Gasteiger partial charge in [-0.1, -0.05) is 35.5 Å². The Balaban J connectivity index is 0.000000245. The first kappa shape index (κ1) is 19.6. The van der Waals surface area contributed by atoms with E-state index in [1.165, 1.54) is 5.56 Å². The molecule has 2 rings (SSSR count). The van der Waals surface area contributed by atoms with Crippen LogP contribution in [0.25, 0.3) is 11.4 Å². The first-order chi connectivity index (χ1) is 11.6. The monoisotopic (exact) mass is 332 g/mol. The SMILES string of the molecule is C=CC(=O)OCCCCOC.Cc1cccc(-c2noc(C)n2)c1. The van der Waals surface area contributed by atoms with Gasteiger partial charge in [0.1, 0.15) is 0 Å². The van der Waals surface area contributed by atoms with Gasteiger partial charge in [0.05, 0.1) is 6.61 Å². The van der Waals surface area contributed by atoms with Crippen LogP contribution in [0, 0.1) is 13.8 Å². The zero-order valence-corrected chi connectivity index (χ0v) is 14.4. The summed E-state index contributed by atoms with van der Waals surface area (Å²) in [5.74, 6) is 0.889. The number of aromatic nitrogens is 2. The number of hydrogen-bond donors (Lipinski definition) is 0. The second-order valence-electron chi connectivity index (χ2n) is 5.08. The summed E-state index contributed by atoms with van der Waals surface area (Å²) in [5, 5.41) is 3.84. The van der Waals surface area contributed by atoms with Gasteiger partial charge in [0.25, 0.3) is 0 Å². The van der Waals surface area contributed by atoms with Crippen molar-refractivity contribution in [1.82, 2.24) is 10.1 Å². The van der Waals surface area contributed by atoms with Crippen molar-refractivity contribution >= 4 is 5.97 Å². The predicted octanol–water partition coefficient (Wildman–Crippen LogP) is 3.50. The summed E-state index contributed by atoms with van der Waals surface area (Å²) in [5.41, 5.74) is 2.19. The molecule has 0 saturated heterocycles. The fourth-order valence-electron chi connectivity index (χ4n) is 1.78. The number of unbranched alkanes of at least 4 members (excludes halogenated alkanes) is 1. The van der Waals surface area contributed by atoms with Gasteiger partial charge >= 0.3 is 5.97 Å². The van der Waals surface area contributed by atoms with Crippen molar-refractivity contribution in [3.63, 3.8) is 0 Å². The molecule has 0 N–H and O–H groups in total. The molecule has 0 bridgehead atoms. The van der Waals surface area contributed by atoms with Crippen LogP contribution >= 0.6 is 0 Å². The summed E-state index contributed by atoms with van der Waals surface area (Å²) < 4.78 is 14.4. The van der Waals surface area contributed by atoms with Gasteiger partial charge in [-0.2, -0.15) is 4.98 Å². The van der Waals surface area contributed by atoms with Crippen LogP contribution in [0.4, 0.5) is 0 Å². The maximum Gasteiger partial charge on any atom is 0.330 e. The highest BCUT2D eigenvalue weighted by Gasteiger charge is 2.04. The molecule has 0 unspecified atom stereocenters. The lowest BCUT2D eigenvalue weighted by Crippen LogP contribution is -2.02. The second-order valence-corrected chi connectivity index (χ2v) is 5.08. The van der Waals surface area contributed by atoms with Crippen LogP contribution in [0.3, 0.4) is 0 Å². The molecule has 24 heavy (non-hydrogen) atoms. The normalized spacial score (nSPS) is 9.79. The van der Waals surface area contributed by atoms with Gasteiger partial charge < -0.3 is 14.0 Å². The van der Waals surface area contributed by atoms with Gasteiger partial charge in [-0.25, -0.2) is 4.79 Å². The average Bonchev–Trinajstić information content (AvgIpc) is 3.01. The molecule has 2 aromatic rings. The number of esters is 1. The number of rotatable bonds is 7. The van der Waals surface area contributed by atoms with Crippen LogP contribution in [0.2, 0.25) is 0 Å². The summed E-state index contributed by atoms with van der Waals surface area (Å²) in [6, 6.07) is 8.02. The highest BCUT2D eigenvalue weighted by Crippen LogP contribution is 2.16. The highest BCUT2D eigenvalue weighted by atomic mass is 16.5. The average molecular weight is 332 g/mol. The largest absolute Gasteiger partial charge is 0.463 e. The molecule has 6 nitrogen and oxygen atoms in total. The van der Waals surface area contributed by atoms with E-state index in [1.807, 2.05) is 31.2 Å². The topological polar surface area (TPSA) is 74.5 Å². The molecule has 130 valence electrons. The smallest absolute Gasteiger partial charge is 0.330 e. The maximum atomic E-state index is 10.5. The lowest BCUT2D eigenvalue weighted by atomic mass is 10.1. The van der Waals surface area contributed by atoms with Crippen LogP contribution in [-0.4, -0.2) is 36.4 Å². The molecule has 0 radical (unpaired) electrons. The van der Waals surface area contributed by atoms with E-state index < -0.39 is 0 Å². The number of aryl methyl sites for hydroxylation is 2. The summed E-state index contributed by atoms with van der Waals surface area (Å²) in [4.78, 5) is 14.6. The Morgan fingerprint density at radius 3 is 2.62 bits per heavy atom. The summed E-state index contributed by atoms with van der Waals surface area (Å²) in [7, 11) is 1.65. The number of benzene rings is 1. The second kappa shape index (κ2) is 11.1. The molecule has 0 atom stereocenters. The third kappa shape index (κ3) is 7.69. The van der Waals surface area contributed by atoms with E-state index in [9.17, 15) is 4.79 Å². The lowest BCUT2D eigenvalue weighted by molar-refractivity contribution is -0.137. The van der Waals surface area contributed by atoms with Crippen molar-refractivity contribution in [2.24, 2.45) is 0 Å².